The fraction of sp³-hybridized carbons (Fsp3) is 0.692. The molecule has 2 fully saturated rings. The SMILES string of the molecule is Cc1cc(OC[C@H](O)CO)cc(C)c1CCS(=O)(=O)N1CCC2(CC1)N=C(C1CCCCC1)NC2=O. The van der Waals surface area contributed by atoms with Crippen LogP contribution in [0.25, 0.3) is 0 Å². The largest absolute Gasteiger partial charge is 0.491 e. The van der Waals surface area contributed by atoms with Crippen molar-refractivity contribution in [1.82, 2.24) is 9.62 Å². The first-order valence-corrected chi connectivity index (χ1v) is 14.7. The highest BCUT2D eigenvalue weighted by Gasteiger charge is 2.48. The van der Waals surface area contributed by atoms with Gasteiger partial charge in [0.05, 0.1) is 12.4 Å². The molecule has 1 amide bonds. The number of ether oxygens (including phenoxy) is 1. The predicted octanol–water partition coefficient (Wildman–Crippen LogP) is 1.85. The van der Waals surface area contributed by atoms with Crippen LogP contribution in [-0.2, 0) is 21.2 Å². The standard InChI is InChI=1S/C26H39N3O6S/c1-18-14-22(35-17-21(31)16-30)15-19(2)23(18)8-13-36(33,34)29-11-9-26(10-12-29)25(32)27-24(28-26)20-6-4-3-5-7-20/h14-15,20-21,30-31H,3-13,16-17H2,1-2H3,(H,27,28,32)/t21-/m1/s1. The predicted molar refractivity (Wildman–Crippen MR) is 138 cm³/mol. The monoisotopic (exact) mass is 521 g/mol. The van der Waals surface area contributed by atoms with Gasteiger partial charge in [0.1, 0.15) is 29.8 Å². The van der Waals surface area contributed by atoms with Crippen LogP contribution in [0.3, 0.4) is 0 Å². The molecule has 1 aliphatic carbocycles. The average molecular weight is 522 g/mol. The Bertz CT molecular complexity index is 1070. The summed E-state index contributed by atoms with van der Waals surface area (Å²) in [5.41, 5.74) is 1.98. The number of aliphatic imine (C=N–C) groups is 1. The molecule has 4 rings (SSSR count). The average Bonchev–Trinajstić information content (AvgIpc) is 3.18. The smallest absolute Gasteiger partial charge is 0.253 e. The molecule has 200 valence electrons. The Morgan fingerprint density at radius 1 is 1.17 bits per heavy atom. The van der Waals surface area contributed by atoms with Gasteiger partial charge in [-0.15, -0.1) is 0 Å². The van der Waals surface area contributed by atoms with E-state index in [4.69, 9.17) is 14.8 Å². The first kappa shape index (κ1) is 27.0. The lowest BCUT2D eigenvalue weighted by Gasteiger charge is -2.34. The van der Waals surface area contributed by atoms with E-state index >= 15 is 0 Å². The second kappa shape index (κ2) is 11.2. The molecule has 2 heterocycles. The summed E-state index contributed by atoms with van der Waals surface area (Å²) in [6.07, 6.45) is 5.96. The quantitative estimate of drug-likeness (QED) is 0.455. The molecule has 1 saturated carbocycles. The van der Waals surface area contributed by atoms with E-state index in [1.165, 1.54) is 23.6 Å². The highest BCUT2D eigenvalue weighted by Crippen LogP contribution is 2.35. The number of rotatable bonds is 9. The van der Waals surface area contributed by atoms with Crippen molar-refractivity contribution in [3.8, 4) is 5.75 Å². The second-order valence-electron chi connectivity index (χ2n) is 10.5. The van der Waals surface area contributed by atoms with E-state index in [1.807, 2.05) is 26.0 Å². The fourth-order valence-corrected chi connectivity index (χ4v) is 7.08. The lowest BCUT2D eigenvalue weighted by Crippen LogP contribution is -2.51. The summed E-state index contributed by atoms with van der Waals surface area (Å²) < 4.78 is 33.4. The van der Waals surface area contributed by atoms with Crippen LogP contribution in [0.5, 0.6) is 5.75 Å². The Morgan fingerprint density at radius 3 is 2.42 bits per heavy atom. The number of piperidine rings is 1. The minimum absolute atomic E-state index is 0.00605. The Morgan fingerprint density at radius 2 is 1.81 bits per heavy atom. The molecule has 0 aromatic heterocycles. The van der Waals surface area contributed by atoms with Gasteiger partial charge in [0, 0.05) is 19.0 Å². The van der Waals surface area contributed by atoms with Crippen LogP contribution in [0.4, 0.5) is 0 Å². The highest BCUT2D eigenvalue weighted by atomic mass is 32.2. The van der Waals surface area contributed by atoms with Crippen LogP contribution in [0, 0.1) is 19.8 Å². The van der Waals surface area contributed by atoms with E-state index in [2.05, 4.69) is 5.32 Å². The summed E-state index contributed by atoms with van der Waals surface area (Å²) in [5.74, 6) is 1.65. The van der Waals surface area contributed by atoms with Gasteiger partial charge in [0.2, 0.25) is 10.0 Å². The van der Waals surface area contributed by atoms with Gasteiger partial charge in [-0.2, -0.15) is 0 Å². The number of aryl methyl sites for hydroxylation is 2. The van der Waals surface area contributed by atoms with Gasteiger partial charge < -0.3 is 20.3 Å². The van der Waals surface area contributed by atoms with Crippen LogP contribution < -0.4 is 10.1 Å². The molecule has 1 atom stereocenters. The van der Waals surface area contributed by atoms with Gasteiger partial charge >= 0.3 is 0 Å². The summed E-state index contributed by atoms with van der Waals surface area (Å²) in [4.78, 5) is 17.7. The lowest BCUT2D eigenvalue weighted by atomic mass is 9.88. The Kier molecular flexibility index (Phi) is 8.38. The number of amides is 1. The molecule has 1 aromatic carbocycles. The van der Waals surface area contributed by atoms with E-state index in [0.717, 1.165) is 35.4 Å². The summed E-state index contributed by atoms with van der Waals surface area (Å²) >= 11 is 0. The zero-order valence-corrected chi connectivity index (χ0v) is 22.1. The molecule has 36 heavy (non-hydrogen) atoms. The first-order chi connectivity index (χ1) is 17.1. The van der Waals surface area contributed by atoms with Crippen molar-refractivity contribution in [2.45, 2.75) is 76.9 Å². The van der Waals surface area contributed by atoms with Crippen molar-refractivity contribution < 1.29 is 28.2 Å². The highest BCUT2D eigenvalue weighted by molar-refractivity contribution is 7.89. The van der Waals surface area contributed by atoms with Crippen molar-refractivity contribution in [3.05, 3.63) is 28.8 Å². The fourth-order valence-electron chi connectivity index (χ4n) is 5.62. The molecule has 0 unspecified atom stereocenters. The molecule has 9 nitrogen and oxygen atoms in total. The number of carbonyl (C=O) groups is 1. The van der Waals surface area contributed by atoms with Gasteiger partial charge in [-0.25, -0.2) is 12.7 Å². The van der Waals surface area contributed by atoms with E-state index in [0.29, 0.717) is 44.0 Å². The van der Waals surface area contributed by atoms with Gasteiger partial charge in [-0.05, 0) is 74.8 Å². The molecule has 1 spiro atoms. The van der Waals surface area contributed by atoms with E-state index in [1.54, 1.807) is 0 Å². The number of carbonyl (C=O) groups excluding carboxylic acids is 1. The molecule has 3 N–H and O–H groups in total. The number of nitrogens with one attached hydrogen (secondary N) is 1. The van der Waals surface area contributed by atoms with Crippen LogP contribution >= 0.6 is 0 Å². The number of aliphatic hydroxyl groups excluding tert-OH is 2. The number of hydrogen-bond acceptors (Lipinski definition) is 7. The maximum absolute atomic E-state index is 13.2. The number of amidine groups is 1. The Labute approximate surface area is 214 Å². The summed E-state index contributed by atoms with van der Waals surface area (Å²) in [5, 5.41) is 21.5. The topological polar surface area (TPSA) is 129 Å². The van der Waals surface area contributed by atoms with Crippen molar-refractivity contribution >= 4 is 21.8 Å². The zero-order chi connectivity index (χ0) is 25.9. The molecule has 10 heteroatoms. The van der Waals surface area contributed by atoms with Crippen molar-refractivity contribution in [1.29, 1.82) is 0 Å². The number of aliphatic hydroxyl groups is 2. The van der Waals surface area contributed by atoms with E-state index in [9.17, 15) is 18.3 Å². The summed E-state index contributed by atoms with van der Waals surface area (Å²) in [6, 6.07) is 3.65. The third-order valence-electron chi connectivity index (χ3n) is 7.87. The van der Waals surface area contributed by atoms with Gasteiger partial charge in [-0.1, -0.05) is 19.3 Å². The molecule has 1 aromatic rings. The summed E-state index contributed by atoms with van der Waals surface area (Å²) in [7, 11) is -3.49. The van der Waals surface area contributed by atoms with Crippen molar-refractivity contribution in [2.24, 2.45) is 10.9 Å². The van der Waals surface area contributed by atoms with Gasteiger partial charge in [-0.3, -0.25) is 9.79 Å². The minimum Gasteiger partial charge on any atom is -0.491 e. The number of hydrogen-bond donors (Lipinski definition) is 3. The lowest BCUT2D eigenvalue weighted by molar-refractivity contribution is -0.125. The summed E-state index contributed by atoms with van der Waals surface area (Å²) in [6.45, 7) is 4.04. The molecule has 0 radical (unpaired) electrons. The Hall–Kier alpha value is -2.01. The maximum Gasteiger partial charge on any atom is 0.253 e. The van der Waals surface area contributed by atoms with E-state index in [-0.39, 0.29) is 24.9 Å². The number of benzene rings is 1. The van der Waals surface area contributed by atoms with Crippen molar-refractivity contribution in [2.75, 3.05) is 32.1 Å². The molecular weight excluding hydrogens is 482 g/mol. The Balaban J connectivity index is 1.35. The normalized spacial score (nSPS) is 21.9. The van der Waals surface area contributed by atoms with Crippen LogP contribution in [-0.4, -0.2) is 78.4 Å². The third kappa shape index (κ3) is 5.93. The van der Waals surface area contributed by atoms with Crippen LogP contribution in [0.15, 0.2) is 17.1 Å². The van der Waals surface area contributed by atoms with Gasteiger partial charge in [0.15, 0.2) is 0 Å². The molecule has 1 saturated heterocycles. The number of sulfonamides is 1. The number of nitrogens with zero attached hydrogens (tertiary/aromatic N) is 2. The first-order valence-electron chi connectivity index (χ1n) is 13.0. The van der Waals surface area contributed by atoms with E-state index < -0.39 is 21.7 Å². The van der Waals surface area contributed by atoms with Crippen LogP contribution in [0.2, 0.25) is 0 Å². The molecule has 2 aliphatic heterocycles. The van der Waals surface area contributed by atoms with Crippen LogP contribution in [0.1, 0.15) is 61.6 Å². The van der Waals surface area contributed by atoms with Crippen molar-refractivity contribution in [3.63, 3.8) is 0 Å². The zero-order valence-electron chi connectivity index (χ0n) is 21.3. The molecule has 0 bridgehead atoms. The second-order valence-corrected chi connectivity index (χ2v) is 12.6. The van der Waals surface area contributed by atoms with Gasteiger partial charge in [0.25, 0.3) is 5.91 Å². The molecular formula is C26H39N3O6S. The molecule has 3 aliphatic rings. The maximum atomic E-state index is 13.2. The third-order valence-corrected chi connectivity index (χ3v) is 9.74. The minimum atomic E-state index is -3.49.